The highest BCUT2D eigenvalue weighted by Gasteiger charge is 2.23. The van der Waals surface area contributed by atoms with E-state index in [2.05, 4.69) is 10.3 Å². The normalized spacial score (nSPS) is 17.0. The average molecular weight is 353 g/mol. The zero-order valence-corrected chi connectivity index (χ0v) is 14.9. The van der Waals surface area contributed by atoms with Crippen molar-refractivity contribution >= 4 is 11.7 Å². The van der Waals surface area contributed by atoms with Crippen molar-refractivity contribution in [3.05, 3.63) is 47.7 Å². The van der Waals surface area contributed by atoms with Gasteiger partial charge >= 0.3 is 0 Å². The number of benzene rings is 1. The highest BCUT2D eigenvalue weighted by Crippen LogP contribution is 2.33. The Bertz CT molecular complexity index is 803. The summed E-state index contributed by atoms with van der Waals surface area (Å²) in [6, 6.07) is 9.55. The minimum absolute atomic E-state index is 0.0224. The van der Waals surface area contributed by atoms with Crippen LogP contribution >= 0.6 is 0 Å². The summed E-state index contributed by atoms with van der Waals surface area (Å²) in [4.78, 5) is 19.1. The number of rotatable bonds is 4. The molecule has 1 aromatic heterocycles. The van der Waals surface area contributed by atoms with Gasteiger partial charge in [-0.1, -0.05) is 6.07 Å². The van der Waals surface area contributed by atoms with Crippen LogP contribution < -0.4 is 14.8 Å². The number of pyridine rings is 1. The van der Waals surface area contributed by atoms with Crippen LogP contribution in [0.4, 0.5) is 5.82 Å². The van der Waals surface area contributed by atoms with Gasteiger partial charge in [-0.15, -0.1) is 0 Å². The maximum absolute atomic E-state index is 12.8. The molecule has 0 saturated carbocycles. The van der Waals surface area contributed by atoms with E-state index in [0.717, 1.165) is 43.0 Å². The second-order valence-electron chi connectivity index (χ2n) is 6.67. The number of nitrogens with zero attached hydrogens (tertiary/aromatic N) is 2. The van der Waals surface area contributed by atoms with Crippen LogP contribution in [0.1, 0.15) is 41.7 Å². The van der Waals surface area contributed by atoms with E-state index in [1.165, 1.54) is 0 Å². The van der Waals surface area contributed by atoms with Crippen molar-refractivity contribution in [3.63, 3.8) is 0 Å². The molecule has 1 aromatic carbocycles. The Hall–Kier alpha value is -2.76. The highest BCUT2D eigenvalue weighted by molar-refractivity contribution is 5.98. The van der Waals surface area contributed by atoms with Crippen LogP contribution in [0, 0.1) is 0 Å². The summed E-state index contributed by atoms with van der Waals surface area (Å²) in [6.45, 7) is 4.84. The highest BCUT2D eigenvalue weighted by atomic mass is 16.6. The molecular formula is C20H23N3O3. The van der Waals surface area contributed by atoms with Crippen molar-refractivity contribution in [2.24, 2.45) is 0 Å². The molecule has 0 aliphatic carbocycles. The van der Waals surface area contributed by atoms with E-state index in [4.69, 9.17) is 9.47 Å². The summed E-state index contributed by atoms with van der Waals surface area (Å²) >= 11 is 0. The van der Waals surface area contributed by atoms with Gasteiger partial charge in [0, 0.05) is 19.3 Å². The van der Waals surface area contributed by atoms with E-state index in [0.29, 0.717) is 24.6 Å². The second-order valence-corrected chi connectivity index (χ2v) is 6.67. The molecule has 6 heteroatoms. The molecule has 0 spiro atoms. The molecule has 2 aromatic rings. The Labute approximate surface area is 153 Å². The van der Waals surface area contributed by atoms with Gasteiger partial charge in [0.2, 0.25) is 0 Å². The Morgan fingerprint density at radius 3 is 2.73 bits per heavy atom. The molecule has 0 radical (unpaired) electrons. The monoisotopic (exact) mass is 353 g/mol. The molecule has 1 unspecified atom stereocenters. The molecule has 26 heavy (non-hydrogen) atoms. The fourth-order valence-electron chi connectivity index (χ4n) is 3.40. The third kappa shape index (κ3) is 3.31. The summed E-state index contributed by atoms with van der Waals surface area (Å²) in [5.41, 5.74) is 1.68. The van der Waals surface area contributed by atoms with E-state index in [-0.39, 0.29) is 11.9 Å². The first-order valence-corrected chi connectivity index (χ1v) is 9.13. The van der Waals surface area contributed by atoms with Crippen LogP contribution in [0.3, 0.4) is 0 Å². The summed E-state index contributed by atoms with van der Waals surface area (Å²) in [7, 11) is 0. The smallest absolute Gasteiger partial charge is 0.257 e. The Kier molecular flexibility index (Phi) is 4.65. The minimum atomic E-state index is -0.0224. The Balaban J connectivity index is 1.54. The molecule has 1 N–H and O–H groups in total. The molecule has 0 bridgehead atoms. The predicted octanol–water partition coefficient (Wildman–Crippen LogP) is 3.26. The number of carbonyl (C=O) groups is 1. The van der Waals surface area contributed by atoms with Crippen molar-refractivity contribution < 1.29 is 14.3 Å². The van der Waals surface area contributed by atoms with Crippen molar-refractivity contribution in [3.8, 4) is 11.5 Å². The third-order valence-electron chi connectivity index (χ3n) is 4.85. The number of aromatic nitrogens is 1. The number of carbonyl (C=O) groups excluding carboxylic acids is 1. The van der Waals surface area contributed by atoms with Crippen LogP contribution in [0.25, 0.3) is 0 Å². The van der Waals surface area contributed by atoms with E-state index in [9.17, 15) is 4.79 Å². The molecule has 1 amide bonds. The molecule has 4 rings (SSSR count). The number of fused-ring (bicyclic) bond motifs is 1. The summed E-state index contributed by atoms with van der Waals surface area (Å²) in [5, 5.41) is 3.38. The number of anilines is 1. The molecule has 6 nitrogen and oxygen atoms in total. The topological polar surface area (TPSA) is 63.7 Å². The molecule has 3 heterocycles. The zero-order valence-electron chi connectivity index (χ0n) is 14.9. The van der Waals surface area contributed by atoms with Gasteiger partial charge in [-0.05, 0) is 49.6 Å². The maximum Gasteiger partial charge on any atom is 0.257 e. The standard InChI is InChI=1S/C20H23N3O3/c1-14(15-6-7-17-18(13-15)26-12-11-25-17)22-19-16(5-4-8-21-19)20(24)23-9-2-3-10-23/h4-8,13-14H,2-3,9-12H2,1H3,(H,21,22). The van der Waals surface area contributed by atoms with Crippen LogP contribution in [-0.4, -0.2) is 42.1 Å². The summed E-state index contributed by atoms with van der Waals surface area (Å²) in [5.74, 6) is 2.20. The molecule has 2 aliphatic rings. The minimum Gasteiger partial charge on any atom is -0.486 e. The van der Waals surface area contributed by atoms with E-state index in [1.54, 1.807) is 6.20 Å². The lowest BCUT2D eigenvalue weighted by Gasteiger charge is -2.22. The van der Waals surface area contributed by atoms with Gasteiger partial charge in [0.15, 0.2) is 11.5 Å². The first-order chi connectivity index (χ1) is 12.7. The Morgan fingerprint density at radius 1 is 1.15 bits per heavy atom. The van der Waals surface area contributed by atoms with Gasteiger partial charge in [-0.2, -0.15) is 0 Å². The summed E-state index contributed by atoms with van der Waals surface area (Å²) in [6.07, 6.45) is 3.85. The van der Waals surface area contributed by atoms with Crippen LogP contribution in [0.5, 0.6) is 11.5 Å². The number of hydrogen-bond donors (Lipinski definition) is 1. The summed E-state index contributed by atoms with van der Waals surface area (Å²) < 4.78 is 11.2. The molecule has 136 valence electrons. The predicted molar refractivity (Wildman–Crippen MR) is 98.8 cm³/mol. The lowest BCUT2D eigenvalue weighted by atomic mass is 10.1. The first-order valence-electron chi connectivity index (χ1n) is 9.13. The lowest BCUT2D eigenvalue weighted by molar-refractivity contribution is 0.0793. The fraction of sp³-hybridized carbons (Fsp3) is 0.400. The van der Waals surface area contributed by atoms with Gasteiger partial charge in [-0.3, -0.25) is 4.79 Å². The molecular weight excluding hydrogens is 330 g/mol. The van der Waals surface area contributed by atoms with Gasteiger partial charge in [0.25, 0.3) is 5.91 Å². The van der Waals surface area contributed by atoms with Crippen LogP contribution in [0.15, 0.2) is 36.5 Å². The van der Waals surface area contributed by atoms with Gasteiger partial charge in [0.05, 0.1) is 11.6 Å². The first kappa shape index (κ1) is 16.7. The van der Waals surface area contributed by atoms with Gasteiger partial charge in [0.1, 0.15) is 19.0 Å². The maximum atomic E-state index is 12.8. The number of ether oxygens (including phenoxy) is 2. The Morgan fingerprint density at radius 2 is 1.92 bits per heavy atom. The fourth-order valence-corrected chi connectivity index (χ4v) is 3.40. The van der Waals surface area contributed by atoms with Crippen LogP contribution in [0.2, 0.25) is 0 Å². The third-order valence-corrected chi connectivity index (χ3v) is 4.85. The molecule has 1 saturated heterocycles. The van der Waals surface area contributed by atoms with Crippen molar-refractivity contribution in [1.82, 2.24) is 9.88 Å². The van der Waals surface area contributed by atoms with Crippen molar-refractivity contribution in [2.75, 3.05) is 31.6 Å². The van der Waals surface area contributed by atoms with Gasteiger partial charge in [-0.25, -0.2) is 4.98 Å². The number of hydrogen-bond acceptors (Lipinski definition) is 5. The van der Waals surface area contributed by atoms with E-state index < -0.39 is 0 Å². The largest absolute Gasteiger partial charge is 0.486 e. The molecule has 1 atom stereocenters. The number of amides is 1. The average Bonchev–Trinajstić information content (AvgIpc) is 3.22. The quantitative estimate of drug-likeness (QED) is 0.914. The second kappa shape index (κ2) is 7.23. The van der Waals surface area contributed by atoms with Crippen LogP contribution in [-0.2, 0) is 0 Å². The zero-order chi connectivity index (χ0) is 17.9. The SMILES string of the molecule is CC(Nc1ncccc1C(=O)N1CCCC1)c1ccc2c(c1)OCCO2. The van der Waals surface area contributed by atoms with E-state index >= 15 is 0 Å². The number of likely N-dealkylation sites (tertiary alicyclic amines) is 1. The molecule has 2 aliphatic heterocycles. The van der Waals surface area contributed by atoms with Crippen molar-refractivity contribution in [1.29, 1.82) is 0 Å². The van der Waals surface area contributed by atoms with Crippen molar-refractivity contribution in [2.45, 2.75) is 25.8 Å². The lowest BCUT2D eigenvalue weighted by Crippen LogP contribution is -2.28. The number of nitrogens with one attached hydrogen (secondary N) is 1. The van der Waals surface area contributed by atoms with E-state index in [1.807, 2.05) is 42.2 Å². The van der Waals surface area contributed by atoms with Gasteiger partial charge < -0.3 is 19.7 Å². The molecule has 1 fully saturated rings.